The fourth-order valence-corrected chi connectivity index (χ4v) is 2.68. The van der Waals surface area contributed by atoms with E-state index in [9.17, 15) is 9.90 Å². The van der Waals surface area contributed by atoms with Crippen LogP contribution in [0.4, 0.5) is 0 Å². The predicted molar refractivity (Wildman–Crippen MR) is 78.4 cm³/mol. The molecule has 1 fully saturated rings. The van der Waals surface area contributed by atoms with Gasteiger partial charge in [-0.2, -0.15) is 0 Å². The van der Waals surface area contributed by atoms with Gasteiger partial charge in [0.25, 0.3) is 0 Å². The first-order valence-corrected chi connectivity index (χ1v) is 7.24. The minimum absolute atomic E-state index is 0.00293. The number of aryl methyl sites for hydroxylation is 1. The molecular weight excluding hydrogens is 272 g/mol. The quantitative estimate of drug-likeness (QED) is 0.849. The second-order valence-corrected chi connectivity index (χ2v) is 6.36. The zero-order valence-electron chi connectivity index (χ0n) is 12.9. The van der Waals surface area contributed by atoms with Crippen LogP contribution in [0, 0.1) is 6.92 Å². The van der Waals surface area contributed by atoms with Crippen LogP contribution in [0.1, 0.15) is 35.7 Å². The molecule has 0 saturated carbocycles. The van der Waals surface area contributed by atoms with Gasteiger partial charge in [0.2, 0.25) is 5.76 Å². The third kappa shape index (κ3) is 4.56. The van der Waals surface area contributed by atoms with E-state index < -0.39 is 11.6 Å². The minimum Gasteiger partial charge on any atom is -0.475 e. The van der Waals surface area contributed by atoms with E-state index in [0.29, 0.717) is 18.8 Å². The monoisotopic (exact) mass is 296 g/mol. The lowest BCUT2D eigenvalue weighted by atomic mass is 10.1. The van der Waals surface area contributed by atoms with E-state index in [1.807, 2.05) is 13.8 Å². The Morgan fingerprint density at radius 1 is 1.29 bits per heavy atom. The Kier molecular flexibility index (Phi) is 4.70. The third-order valence-corrected chi connectivity index (χ3v) is 3.70. The molecule has 1 aliphatic heterocycles. The molecule has 118 valence electrons. The molecule has 0 bridgehead atoms. The molecular formula is C15H24N2O4. The molecule has 0 unspecified atom stereocenters. The van der Waals surface area contributed by atoms with Crippen molar-refractivity contribution < 1.29 is 19.4 Å². The van der Waals surface area contributed by atoms with E-state index in [2.05, 4.69) is 9.80 Å². The highest BCUT2D eigenvalue weighted by Gasteiger charge is 2.23. The molecule has 2 rings (SSSR count). The normalized spacial score (nSPS) is 18.1. The van der Waals surface area contributed by atoms with Crippen molar-refractivity contribution in [2.75, 3.05) is 32.7 Å². The standard InChI is InChI=1S/C15H24N2O4/c1-11-12(8-13(21-11)14(18)19)9-16-4-6-17(7-5-16)10-15(2,3)20/h8,20H,4-7,9-10H2,1-3H3,(H,18,19). The number of piperazine rings is 1. The number of carboxylic acids is 1. The summed E-state index contributed by atoms with van der Waals surface area (Å²) in [6, 6.07) is 1.61. The van der Waals surface area contributed by atoms with Crippen LogP contribution >= 0.6 is 0 Å². The number of carbonyl (C=O) groups is 1. The fourth-order valence-electron chi connectivity index (χ4n) is 2.68. The molecule has 1 aliphatic rings. The maximum Gasteiger partial charge on any atom is 0.371 e. The zero-order valence-corrected chi connectivity index (χ0v) is 12.9. The van der Waals surface area contributed by atoms with E-state index in [0.717, 1.165) is 31.7 Å². The van der Waals surface area contributed by atoms with Crippen LogP contribution in [-0.2, 0) is 6.54 Å². The number of hydrogen-bond donors (Lipinski definition) is 2. The van der Waals surface area contributed by atoms with E-state index in [1.54, 1.807) is 13.0 Å². The Balaban J connectivity index is 1.87. The van der Waals surface area contributed by atoms with Gasteiger partial charge >= 0.3 is 5.97 Å². The summed E-state index contributed by atoms with van der Waals surface area (Å²) < 4.78 is 5.23. The molecule has 1 aromatic heterocycles. The van der Waals surface area contributed by atoms with E-state index >= 15 is 0 Å². The summed E-state index contributed by atoms with van der Waals surface area (Å²) >= 11 is 0. The molecule has 1 saturated heterocycles. The van der Waals surface area contributed by atoms with Crippen LogP contribution in [-0.4, -0.2) is 64.3 Å². The first-order valence-electron chi connectivity index (χ1n) is 7.24. The maximum absolute atomic E-state index is 10.9. The molecule has 1 aromatic rings. The summed E-state index contributed by atoms with van der Waals surface area (Å²) in [6.45, 7) is 10.5. The summed E-state index contributed by atoms with van der Waals surface area (Å²) in [5.74, 6) is -0.353. The SMILES string of the molecule is Cc1oc(C(=O)O)cc1CN1CCN(CC(C)(C)O)CC1. The van der Waals surface area contributed by atoms with Gasteiger partial charge in [-0.05, 0) is 26.8 Å². The van der Waals surface area contributed by atoms with E-state index in [-0.39, 0.29) is 5.76 Å². The molecule has 0 aliphatic carbocycles. The van der Waals surface area contributed by atoms with Crippen LogP contribution in [0.25, 0.3) is 0 Å². The van der Waals surface area contributed by atoms with Crippen LogP contribution in [0.15, 0.2) is 10.5 Å². The molecule has 0 spiro atoms. The van der Waals surface area contributed by atoms with Crippen LogP contribution in [0.5, 0.6) is 0 Å². The Bertz CT molecular complexity index is 496. The van der Waals surface area contributed by atoms with Gasteiger partial charge in [0, 0.05) is 44.8 Å². The fraction of sp³-hybridized carbons (Fsp3) is 0.667. The van der Waals surface area contributed by atoms with E-state index in [4.69, 9.17) is 9.52 Å². The molecule has 21 heavy (non-hydrogen) atoms. The second kappa shape index (κ2) is 6.17. The third-order valence-electron chi connectivity index (χ3n) is 3.70. The second-order valence-electron chi connectivity index (χ2n) is 6.36. The highest BCUT2D eigenvalue weighted by molar-refractivity contribution is 5.84. The Morgan fingerprint density at radius 2 is 1.86 bits per heavy atom. The molecule has 6 nitrogen and oxygen atoms in total. The lowest BCUT2D eigenvalue weighted by molar-refractivity contribution is 0.0166. The number of carboxylic acid groups (broad SMARTS) is 1. The Morgan fingerprint density at radius 3 is 2.33 bits per heavy atom. The first kappa shape index (κ1) is 16.0. The van der Waals surface area contributed by atoms with E-state index in [1.165, 1.54) is 0 Å². The summed E-state index contributed by atoms with van der Waals surface area (Å²) in [5.41, 5.74) is 0.267. The average Bonchev–Trinajstić information content (AvgIpc) is 2.72. The van der Waals surface area contributed by atoms with Crippen molar-refractivity contribution >= 4 is 5.97 Å². The molecule has 0 amide bonds. The summed E-state index contributed by atoms with van der Waals surface area (Å²) in [6.07, 6.45) is 0. The molecule has 2 N–H and O–H groups in total. The minimum atomic E-state index is -1.03. The van der Waals surface area contributed by atoms with Crippen LogP contribution in [0.2, 0.25) is 0 Å². The highest BCUT2D eigenvalue weighted by atomic mass is 16.4. The van der Waals surface area contributed by atoms with Gasteiger partial charge in [-0.15, -0.1) is 0 Å². The maximum atomic E-state index is 10.9. The summed E-state index contributed by atoms with van der Waals surface area (Å²) in [7, 11) is 0. The summed E-state index contributed by atoms with van der Waals surface area (Å²) in [4.78, 5) is 15.4. The van der Waals surface area contributed by atoms with Gasteiger partial charge in [0.15, 0.2) is 0 Å². The number of aromatic carboxylic acids is 1. The summed E-state index contributed by atoms with van der Waals surface area (Å²) in [5, 5.41) is 18.8. The van der Waals surface area contributed by atoms with Crippen LogP contribution in [0.3, 0.4) is 0 Å². The van der Waals surface area contributed by atoms with Gasteiger partial charge in [-0.1, -0.05) is 0 Å². The lowest BCUT2D eigenvalue weighted by Crippen LogP contribution is -2.50. The number of furan rings is 1. The smallest absolute Gasteiger partial charge is 0.371 e. The number of β-amino-alcohol motifs (C(OH)–C–C–N with tert-alkyl or cyclic N) is 1. The molecule has 2 heterocycles. The van der Waals surface area contributed by atoms with Gasteiger partial charge in [0.1, 0.15) is 5.76 Å². The lowest BCUT2D eigenvalue weighted by Gasteiger charge is -2.37. The largest absolute Gasteiger partial charge is 0.475 e. The molecule has 0 atom stereocenters. The van der Waals surface area contributed by atoms with Crippen molar-refractivity contribution in [1.82, 2.24) is 9.80 Å². The predicted octanol–water partition coefficient (Wildman–Crippen LogP) is 1.17. The number of hydrogen-bond acceptors (Lipinski definition) is 5. The average molecular weight is 296 g/mol. The number of nitrogens with zero attached hydrogens (tertiary/aromatic N) is 2. The van der Waals surface area contributed by atoms with Gasteiger partial charge in [0.05, 0.1) is 5.60 Å². The van der Waals surface area contributed by atoms with Gasteiger partial charge < -0.3 is 14.6 Å². The Hall–Kier alpha value is -1.37. The van der Waals surface area contributed by atoms with Crippen LogP contribution < -0.4 is 0 Å². The number of aliphatic hydroxyl groups is 1. The molecule has 6 heteroatoms. The van der Waals surface area contributed by atoms with Gasteiger partial charge in [-0.25, -0.2) is 4.79 Å². The van der Waals surface area contributed by atoms with Crippen molar-refractivity contribution in [1.29, 1.82) is 0 Å². The molecule has 0 aromatic carbocycles. The van der Waals surface area contributed by atoms with Crippen molar-refractivity contribution in [3.63, 3.8) is 0 Å². The highest BCUT2D eigenvalue weighted by Crippen LogP contribution is 2.18. The number of rotatable bonds is 5. The zero-order chi connectivity index (χ0) is 15.6. The van der Waals surface area contributed by atoms with Gasteiger partial charge in [-0.3, -0.25) is 9.80 Å². The van der Waals surface area contributed by atoms with Crippen molar-refractivity contribution in [2.45, 2.75) is 32.9 Å². The topological polar surface area (TPSA) is 77.2 Å². The van der Waals surface area contributed by atoms with Crippen molar-refractivity contribution in [3.05, 3.63) is 23.2 Å². The Labute approximate surface area is 125 Å². The molecule has 0 radical (unpaired) electrons. The van der Waals surface area contributed by atoms with Crippen molar-refractivity contribution in [3.8, 4) is 0 Å². The first-order chi connectivity index (χ1) is 9.74. The van der Waals surface area contributed by atoms with Crippen molar-refractivity contribution in [2.24, 2.45) is 0 Å².